The van der Waals surface area contributed by atoms with Gasteiger partial charge in [0.05, 0.1) is 7.11 Å². The summed E-state index contributed by atoms with van der Waals surface area (Å²) < 4.78 is 13.2. The highest BCUT2D eigenvalue weighted by Gasteiger charge is 2.13. The Bertz CT molecular complexity index is 1220. The lowest BCUT2D eigenvalue weighted by molar-refractivity contribution is 0.0950. The molecule has 0 saturated heterocycles. The zero-order valence-electron chi connectivity index (χ0n) is 18.3. The number of aryl methyl sites for hydroxylation is 1. The molecular formula is C26H25N3O3. The molecule has 6 heteroatoms. The Morgan fingerprint density at radius 1 is 0.969 bits per heavy atom. The van der Waals surface area contributed by atoms with Crippen molar-refractivity contribution >= 4 is 5.91 Å². The molecule has 0 fully saturated rings. The van der Waals surface area contributed by atoms with Gasteiger partial charge in [0.2, 0.25) is 5.88 Å². The molecule has 6 nitrogen and oxygen atoms in total. The van der Waals surface area contributed by atoms with E-state index in [9.17, 15) is 4.79 Å². The minimum Gasteiger partial charge on any atom is -0.497 e. The van der Waals surface area contributed by atoms with E-state index in [4.69, 9.17) is 9.47 Å². The van der Waals surface area contributed by atoms with E-state index in [1.165, 1.54) is 0 Å². The Hall–Kier alpha value is -4.06. The van der Waals surface area contributed by atoms with E-state index in [1.807, 2.05) is 36.4 Å². The highest BCUT2D eigenvalue weighted by Crippen LogP contribution is 2.23. The third kappa shape index (κ3) is 4.64. The van der Waals surface area contributed by atoms with Crippen molar-refractivity contribution in [1.29, 1.82) is 0 Å². The van der Waals surface area contributed by atoms with Crippen LogP contribution >= 0.6 is 0 Å². The smallest absolute Gasteiger partial charge is 0.251 e. The van der Waals surface area contributed by atoms with Crippen LogP contribution in [0.2, 0.25) is 0 Å². The maximum atomic E-state index is 12.8. The van der Waals surface area contributed by atoms with Crippen molar-refractivity contribution in [3.05, 3.63) is 102 Å². The monoisotopic (exact) mass is 427 g/mol. The summed E-state index contributed by atoms with van der Waals surface area (Å²) >= 11 is 0. The molecule has 1 amide bonds. The average Bonchev–Trinajstić information content (AvgIpc) is 3.11. The summed E-state index contributed by atoms with van der Waals surface area (Å²) in [5, 5.41) is 3.01. The van der Waals surface area contributed by atoms with Crippen molar-refractivity contribution in [2.75, 3.05) is 7.11 Å². The number of hydrogen-bond donors (Lipinski definition) is 1. The molecule has 0 aliphatic heterocycles. The molecule has 0 spiro atoms. The van der Waals surface area contributed by atoms with Crippen molar-refractivity contribution in [2.45, 2.75) is 20.4 Å². The molecule has 2 aromatic heterocycles. The molecule has 0 saturated carbocycles. The summed E-state index contributed by atoms with van der Waals surface area (Å²) in [6.07, 6.45) is 1.66. The molecule has 0 bridgehead atoms. The van der Waals surface area contributed by atoms with E-state index in [1.54, 1.807) is 43.6 Å². The summed E-state index contributed by atoms with van der Waals surface area (Å²) in [5.41, 5.74) is 4.83. The largest absolute Gasteiger partial charge is 0.497 e. The number of carbonyl (C=O) groups is 1. The van der Waals surface area contributed by atoms with Crippen molar-refractivity contribution in [1.82, 2.24) is 14.9 Å². The molecule has 0 radical (unpaired) electrons. The van der Waals surface area contributed by atoms with Crippen LogP contribution in [0.15, 0.2) is 79.0 Å². The van der Waals surface area contributed by atoms with Crippen LogP contribution in [-0.2, 0) is 6.54 Å². The first kappa shape index (κ1) is 21.2. The second-order valence-electron chi connectivity index (χ2n) is 7.41. The molecule has 0 aliphatic carbocycles. The minimum absolute atomic E-state index is 0.161. The van der Waals surface area contributed by atoms with Gasteiger partial charge < -0.3 is 19.4 Å². The van der Waals surface area contributed by atoms with Gasteiger partial charge in [0.1, 0.15) is 11.5 Å². The van der Waals surface area contributed by atoms with Crippen LogP contribution in [0, 0.1) is 13.8 Å². The van der Waals surface area contributed by atoms with Crippen molar-refractivity contribution in [3.63, 3.8) is 0 Å². The number of aromatic nitrogens is 2. The van der Waals surface area contributed by atoms with Gasteiger partial charge in [0, 0.05) is 41.4 Å². The predicted molar refractivity (Wildman–Crippen MR) is 124 cm³/mol. The molecule has 162 valence electrons. The minimum atomic E-state index is -0.161. The Kier molecular flexibility index (Phi) is 6.22. The molecule has 32 heavy (non-hydrogen) atoms. The van der Waals surface area contributed by atoms with Crippen LogP contribution < -0.4 is 14.8 Å². The van der Waals surface area contributed by atoms with Crippen LogP contribution in [0.1, 0.15) is 27.3 Å². The normalized spacial score (nSPS) is 10.6. The van der Waals surface area contributed by atoms with Crippen molar-refractivity contribution < 1.29 is 14.3 Å². The second kappa shape index (κ2) is 9.39. The van der Waals surface area contributed by atoms with Crippen molar-refractivity contribution in [3.8, 4) is 23.1 Å². The molecular weight excluding hydrogens is 402 g/mol. The quantitative estimate of drug-likeness (QED) is 0.439. The molecule has 4 rings (SSSR count). The topological polar surface area (TPSA) is 65.4 Å². The van der Waals surface area contributed by atoms with Crippen LogP contribution in [0.3, 0.4) is 0 Å². The molecule has 1 N–H and O–H groups in total. The third-order valence-corrected chi connectivity index (χ3v) is 5.26. The van der Waals surface area contributed by atoms with Gasteiger partial charge in [-0.25, -0.2) is 4.98 Å². The summed E-state index contributed by atoms with van der Waals surface area (Å²) in [6, 6.07) is 22.5. The number of pyridine rings is 1. The number of nitrogens with one attached hydrogen (secondary N) is 1. The second-order valence-corrected chi connectivity index (χ2v) is 7.41. The zero-order valence-corrected chi connectivity index (χ0v) is 18.3. The summed E-state index contributed by atoms with van der Waals surface area (Å²) in [4.78, 5) is 16.9. The van der Waals surface area contributed by atoms with Gasteiger partial charge in [-0.3, -0.25) is 4.79 Å². The van der Waals surface area contributed by atoms with E-state index in [2.05, 4.69) is 34.8 Å². The molecule has 2 aromatic carbocycles. The van der Waals surface area contributed by atoms with Crippen LogP contribution in [-0.4, -0.2) is 22.6 Å². The van der Waals surface area contributed by atoms with Crippen LogP contribution in [0.5, 0.6) is 17.4 Å². The third-order valence-electron chi connectivity index (χ3n) is 5.26. The maximum Gasteiger partial charge on any atom is 0.251 e. The number of benzene rings is 2. The molecule has 4 aromatic rings. The van der Waals surface area contributed by atoms with Gasteiger partial charge in [0.15, 0.2) is 0 Å². The fraction of sp³-hybridized carbons (Fsp3) is 0.154. The van der Waals surface area contributed by atoms with Gasteiger partial charge in [-0.1, -0.05) is 12.1 Å². The SMILES string of the molecule is COc1ccc(-n2c(C)cc(CNC(=O)c3cccc(Oc4ccccn4)c3)c2C)cc1. The van der Waals surface area contributed by atoms with Gasteiger partial charge in [-0.05, 0) is 74.0 Å². The number of methoxy groups -OCH3 is 1. The standard InChI is InChI=1S/C26H25N3O3/c1-18-15-21(19(2)29(18)22-10-12-23(31-3)13-11-22)17-28-26(30)20-7-6-8-24(16-20)32-25-9-4-5-14-27-25/h4-16H,17H2,1-3H3,(H,28,30). The fourth-order valence-electron chi connectivity index (χ4n) is 3.64. The number of hydrogen-bond acceptors (Lipinski definition) is 4. The first-order chi connectivity index (χ1) is 15.5. The number of ether oxygens (including phenoxy) is 2. The van der Waals surface area contributed by atoms with E-state index in [0.717, 1.165) is 28.4 Å². The van der Waals surface area contributed by atoms with Gasteiger partial charge in [0.25, 0.3) is 5.91 Å². The number of amides is 1. The number of nitrogens with zero attached hydrogens (tertiary/aromatic N) is 2. The highest BCUT2D eigenvalue weighted by molar-refractivity contribution is 5.94. The van der Waals surface area contributed by atoms with E-state index >= 15 is 0 Å². The Morgan fingerprint density at radius 3 is 2.50 bits per heavy atom. The zero-order chi connectivity index (χ0) is 22.5. The molecule has 0 unspecified atom stereocenters. The predicted octanol–water partition coefficient (Wildman–Crippen LogP) is 5.22. The first-order valence-electron chi connectivity index (χ1n) is 10.3. The maximum absolute atomic E-state index is 12.8. The van der Waals surface area contributed by atoms with Gasteiger partial charge in [-0.15, -0.1) is 0 Å². The van der Waals surface area contributed by atoms with E-state index < -0.39 is 0 Å². The van der Waals surface area contributed by atoms with E-state index in [-0.39, 0.29) is 5.91 Å². The van der Waals surface area contributed by atoms with Crippen LogP contribution in [0.25, 0.3) is 5.69 Å². The highest BCUT2D eigenvalue weighted by atomic mass is 16.5. The Balaban J connectivity index is 1.46. The van der Waals surface area contributed by atoms with Crippen molar-refractivity contribution in [2.24, 2.45) is 0 Å². The number of carbonyl (C=O) groups excluding carboxylic acids is 1. The van der Waals surface area contributed by atoms with Gasteiger partial charge >= 0.3 is 0 Å². The molecule has 0 atom stereocenters. The average molecular weight is 428 g/mol. The Morgan fingerprint density at radius 2 is 1.78 bits per heavy atom. The fourth-order valence-corrected chi connectivity index (χ4v) is 3.64. The lowest BCUT2D eigenvalue weighted by Crippen LogP contribution is -2.23. The summed E-state index contributed by atoms with van der Waals surface area (Å²) in [5.74, 6) is 1.70. The molecule has 0 aliphatic rings. The van der Waals surface area contributed by atoms with Gasteiger partial charge in [-0.2, -0.15) is 0 Å². The summed E-state index contributed by atoms with van der Waals surface area (Å²) in [6.45, 7) is 4.54. The lowest BCUT2D eigenvalue weighted by Gasteiger charge is -2.11. The molecule has 2 heterocycles. The summed E-state index contributed by atoms with van der Waals surface area (Å²) in [7, 11) is 1.66. The number of rotatable bonds is 7. The Labute approximate surface area is 187 Å². The van der Waals surface area contributed by atoms with Crippen LogP contribution in [0.4, 0.5) is 0 Å². The first-order valence-corrected chi connectivity index (χ1v) is 10.3. The van der Waals surface area contributed by atoms with E-state index in [0.29, 0.717) is 23.7 Å². The lowest BCUT2D eigenvalue weighted by atomic mass is 10.2.